The average Bonchev–Trinajstić information content (AvgIpc) is 2.43. The van der Waals surface area contributed by atoms with Crippen molar-refractivity contribution in [3.8, 4) is 5.75 Å². The summed E-state index contributed by atoms with van der Waals surface area (Å²) in [6.07, 6.45) is 1.63. The zero-order chi connectivity index (χ0) is 14.7. The van der Waals surface area contributed by atoms with Crippen molar-refractivity contribution in [2.75, 3.05) is 11.4 Å². The monoisotopic (exact) mass is 270 g/mol. The molecular weight excluding hydrogens is 252 g/mol. The van der Waals surface area contributed by atoms with Crippen LogP contribution >= 0.6 is 0 Å². The van der Waals surface area contributed by atoms with Gasteiger partial charge in [0.15, 0.2) is 0 Å². The zero-order valence-electron chi connectivity index (χ0n) is 11.9. The number of phenols is 1. The molecule has 0 aliphatic heterocycles. The predicted octanol–water partition coefficient (Wildman–Crippen LogP) is 3.07. The molecule has 1 N–H and O–H groups in total. The van der Waals surface area contributed by atoms with Crippen LogP contribution in [0, 0.1) is 13.8 Å². The fourth-order valence-corrected chi connectivity index (χ4v) is 2.15. The van der Waals surface area contributed by atoms with E-state index in [1.807, 2.05) is 20.8 Å². The van der Waals surface area contributed by atoms with Gasteiger partial charge in [0.2, 0.25) is 0 Å². The number of rotatable bonds is 3. The van der Waals surface area contributed by atoms with E-state index in [0.29, 0.717) is 12.1 Å². The number of aromatic hydroxyl groups is 1. The number of carbonyl (C=O) groups excluding carboxylic acids is 1. The van der Waals surface area contributed by atoms with Gasteiger partial charge in [-0.1, -0.05) is 6.07 Å². The van der Waals surface area contributed by atoms with Gasteiger partial charge in [-0.2, -0.15) is 0 Å². The molecule has 4 heteroatoms. The predicted molar refractivity (Wildman–Crippen MR) is 79.2 cm³/mol. The van der Waals surface area contributed by atoms with Crippen molar-refractivity contribution in [2.45, 2.75) is 20.8 Å². The maximum Gasteiger partial charge on any atom is 0.258 e. The summed E-state index contributed by atoms with van der Waals surface area (Å²) >= 11 is 0. The van der Waals surface area contributed by atoms with Gasteiger partial charge in [0.1, 0.15) is 5.75 Å². The zero-order valence-corrected chi connectivity index (χ0v) is 11.9. The topological polar surface area (TPSA) is 53.4 Å². The van der Waals surface area contributed by atoms with E-state index in [1.54, 1.807) is 41.4 Å². The Kier molecular flexibility index (Phi) is 4.03. The highest BCUT2D eigenvalue weighted by Gasteiger charge is 2.18. The molecule has 1 aromatic carbocycles. The van der Waals surface area contributed by atoms with Crippen LogP contribution in [0.15, 0.2) is 36.5 Å². The molecule has 0 fully saturated rings. The van der Waals surface area contributed by atoms with Crippen molar-refractivity contribution >= 4 is 11.6 Å². The van der Waals surface area contributed by atoms with Crippen LogP contribution < -0.4 is 4.90 Å². The summed E-state index contributed by atoms with van der Waals surface area (Å²) in [7, 11) is 0. The molecule has 104 valence electrons. The summed E-state index contributed by atoms with van der Waals surface area (Å²) < 4.78 is 0. The number of amides is 1. The van der Waals surface area contributed by atoms with Crippen LogP contribution in [0.1, 0.15) is 28.5 Å². The van der Waals surface area contributed by atoms with Crippen LogP contribution in [-0.2, 0) is 0 Å². The van der Waals surface area contributed by atoms with Gasteiger partial charge in [-0.05, 0) is 44.5 Å². The standard InChI is InChI=1S/C16H18N2O2/c1-4-18(15-10-14(19)6-5-11(15)2)16(20)13-7-8-17-12(3)9-13/h5-10,19H,4H2,1-3H3. The van der Waals surface area contributed by atoms with E-state index in [-0.39, 0.29) is 11.7 Å². The average molecular weight is 270 g/mol. The number of hydrogen-bond donors (Lipinski definition) is 1. The van der Waals surface area contributed by atoms with Gasteiger partial charge >= 0.3 is 0 Å². The number of carbonyl (C=O) groups is 1. The molecule has 0 bridgehead atoms. The van der Waals surface area contributed by atoms with E-state index >= 15 is 0 Å². The number of benzene rings is 1. The molecule has 0 atom stereocenters. The first-order valence-electron chi connectivity index (χ1n) is 6.57. The van der Waals surface area contributed by atoms with Gasteiger partial charge in [-0.3, -0.25) is 9.78 Å². The largest absolute Gasteiger partial charge is 0.508 e. The van der Waals surface area contributed by atoms with Crippen molar-refractivity contribution in [1.29, 1.82) is 0 Å². The van der Waals surface area contributed by atoms with Crippen LogP contribution in [0.3, 0.4) is 0 Å². The highest BCUT2D eigenvalue weighted by Crippen LogP contribution is 2.26. The van der Waals surface area contributed by atoms with Crippen molar-refractivity contribution < 1.29 is 9.90 Å². The lowest BCUT2D eigenvalue weighted by molar-refractivity contribution is 0.0988. The van der Waals surface area contributed by atoms with Crippen molar-refractivity contribution in [1.82, 2.24) is 4.98 Å². The number of anilines is 1. The van der Waals surface area contributed by atoms with Crippen molar-refractivity contribution in [3.63, 3.8) is 0 Å². The maximum atomic E-state index is 12.6. The van der Waals surface area contributed by atoms with Gasteiger partial charge in [0, 0.05) is 30.1 Å². The van der Waals surface area contributed by atoms with E-state index in [0.717, 1.165) is 16.9 Å². The van der Waals surface area contributed by atoms with Gasteiger partial charge in [-0.15, -0.1) is 0 Å². The van der Waals surface area contributed by atoms with Crippen LogP contribution in [-0.4, -0.2) is 22.5 Å². The molecule has 0 unspecified atom stereocenters. The molecule has 1 amide bonds. The number of nitrogens with zero attached hydrogens (tertiary/aromatic N) is 2. The Morgan fingerprint density at radius 2 is 2.00 bits per heavy atom. The minimum Gasteiger partial charge on any atom is -0.508 e. The van der Waals surface area contributed by atoms with Crippen LogP contribution in [0.5, 0.6) is 5.75 Å². The Morgan fingerprint density at radius 3 is 2.65 bits per heavy atom. The number of pyridine rings is 1. The Balaban J connectivity index is 2.42. The van der Waals surface area contributed by atoms with E-state index in [9.17, 15) is 9.90 Å². The molecule has 0 spiro atoms. The second-order valence-electron chi connectivity index (χ2n) is 4.71. The van der Waals surface area contributed by atoms with E-state index in [2.05, 4.69) is 4.98 Å². The molecule has 0 aliphatic rings. The lowest BCUT2D eigenvalue weighted by atomic mass is 10.1. The summed E-state index contributed by atoms with van der Waals surface area (Å²) in [5.41, 5.74) is 3.08. The number of aromatic nitrogens is 1. The van der Waals surface area contributed by atoms with E-state index in [1.165, 1.54) is 0 Å². The molecule has 1 heterocycles. The fourth-order valence-electron chi connectivity index (χ4n) is 2.15. The molecule has 2 rings (SSSR count). The normalized spacial score (nSPS) is 10.3. The van der Waals surface area contributed by atoms with Gasteiger partial charge < -0.3 is 10.0 Å². The molecular formula is C16H18N2O2. The van der Waals surface area contributed by atoms with Gasteiger partial charge in [0.25, 0.3) is 5.91 Å². The third kappa shape index (κ3) is 2.79. The lowest BCUT2D eigenvalue weighted by Gasteiger charge is -2.23. The second kappa shape index (κ2) is 5.74. The molecule has 0 aliphatic carbocycles. The van der Waals surface area contributed by atoms with E-state index in [4.69, 9.17) is 0 Å². The first-order valence-corrected chi connectivity index (χ1v) is 6.57. The molecule has 1 aromatic heterocycles. The second-order valence-corrected chi connectivity index (χ2v) is 4.71. The molecule has 0 saturated carbocycles. The van der Waals surface area contributed by atoms with E-state index < -0.39 is 0 Å². The van der Waals surface area contributed by atoms with Gasteiger partial charge in [0.05, 0.1) is 5.69 Å². The number of aryl methyl sites for hydroxylation is 2. The Bertz CT molecular complexity index is 638. The first-order chi connectivity index (χ1) is 9.52. The third-order valence-corrected chi connectivity index (χ3v) is 3.19. The summed E-state index contributed by atoms with van der Waals surface area (Å²) in [4.78, 5) is 18.4. The molecule has 20 heavy (non-hydrogen) atoms. The lowest BCUT2D eigenvalue weighted by Crippen LogP contribution is -2.31. The van der Waals surface area contributed by atoms with Crippen LogP contribution in [0.2, 0.25) is 0 Å². The molecule has 0 radical (unpaired) electrons. The SMILES string of the molecule is CCN(C(=O)c1ccnc(C)c1)c1cc(O)ccc1C. The smallest absolute Gasteiger partial charge is 0.258 e. The maximum absolute atomic E-state index is 12.6. The highest BCUT2D eigenvalue weighted by atomic mass is 16.3. The molecule has 0 saturated heterocycles. The Hall–Kier alpha value is -2.36. The Labute approximate surface area is 118 Å². The third-order valence-electron chi connectivity index (χ3n) is 3.19. The minimum atomic E-state index is -0.0910. The Morgan fingerprint density at radius 1 is 1.25 bits per heavy atom. The summed E-state index contributed by atoms with van der Waals surface area (Å²) in [5, 5.41) is 9.63. The quantitative estimate of drug-likeness (QED) is 0.932. The summed E-state index contributed by atoms with van der Waals surface area (Å²) in [5.74, 6) is 0.0643. The van der Waals surface area contributed by atoms with Crippen LogP contribution in [0.4, 0.5) is 5.69 Å². The molecule has 2 aromatic rings. The molecule has 4 nitrogen and oxygen atoms in total. The highest BCUT2D eigenvalue weighted by molar-refractivity contribution is 6.06. The first kappa shape index (κ1) is 14.1. The summed E-state index contributed by atoms with van der Waals surface area (Å²) in [6, 6.07) is 8.51. The van der Waals surface area contributed by atoms with Gasteiger partial charge in [-0.25, -0.2) is 0 Å². The number of phenolic OH excluding ortho intramolecular Hbond substituents is 1. The fraction of sp³-hybridized carbons (Fsp3) is 0.250. The number of hydrogen-bond acceptors (Lipinski definition) is 3. The van der Waals surface area contributed by atoms with Crippen molar-refractivity contribution in [3.05, 3.63) is 53.3 Å². The minimum absolute atomic E-state index is 0.0910. The van der Waals surface area contributed by atoms with Crippen molar-refractivity contribution in [2.24, 2.45) is 0 Å². The summed E-state index contributed by atoms with van der Waals surface area (Å²) in [6.45, 7) is 6.22. The van der Waals surface area contributed by atoms with Crippen LogP contribution in [0.25, 0.3) is 0 Å².